The van der Waals surface area contributed by atoms with Crippen LogP contribution in [0.1, 0.15) is 16.1 Å². The Bertz CT molecular complexity index is 834. The lowest BCUT2D eigenvalue weighted by atomic mass is 10.1. The second kappa shape index (κ2) is 8.62. The number of nitrogens with one attached hydrogen (secondary N) is 2. The van der Waals surface area contributed by atoms with E-state index >= 15 is 0 Å². The lowest BCUT2D eigenvalue weighted by Gasteiger charge is -2.07. The van der Waals surface area contributed by atoms with Crippen molar-refractivity contribution in [3.05, 3.63) is 78.0 Å². The van der Waals surface area contributed by atoms with Crippen molar-refractivity contribution in [2.24, 2.45) is 0 Å². The summed E-state index contributed by atoms with van der Waals surface area (Å²) in [6.07, 6.45) is 0.849. The summed E-state index contributed by atoms with van der Waals surface area (Å²) >= 11 is 0. The quantitative estimate of drug-likeness (QED) is 0.684. The number of para-hydroxylation sites is 1. The van der Waals surface area contributed by atoms with Gasteiger partial charge in [-0.2, -0.15) is 0 Å². The Hall–Kier alpha value is -3.41. The van der Waals surface area contributed by atoms with E-state index in [1.54, 1.807) is 19.2 Å². The van der Waals surface area contributed by atoms with Crippen molar-refractivity contribution in [3.8, 4) is 5.75 Å². The summed E-state index contributed by atoms with van der Waals surface area (Å²) in [4.78, 5) is 12.1. The van der Waals surface area contributed by atoms with Gasteiger partial charge in [-0.25, -0.2) is 0 Å². The highest BCUT2D eigenvalue weighted by Crippen LogP contribution is 2.12. The van der Waals surface area contributed by atoms with Crippen molar-refractivity contribution in [1.29, 1.82) is 0 Å². The number of ether oxygens (including phenoxy) is 1. The number of hydrogen-bond donors (Lipinski definition) is 2. The summed E-state index contributed by atoms with van der Waals surface area (Å²) in [7, 11) is 1.65. The fraction of sp³-hybridized carbons (Fsp3) is 0.150. The van der Waals surface area contributed by atoms with Gasteiger partial charge in [0.1, 0.15) is 11.6 Å². The molecule has 132 valence electrons. The molecule has 0 aliphatic rings. The number of rotatable bonds is 7. The van der Waals surface area contributed by atoms with Gasteiger partial charge in [0, 0.05) is 12.2 Å². The van der Waals surface area contributed by atoms with Crippen LogP contribution in [0.15, 0.2) is 66.7 Å². The fourth-order valence-corrected chi connectivity index (χ4v) is 2.39. The standard InChI is InChI=1S/C20H20N4O2/c1-26-17-9-7-15(8-10-17)13-14-21-19-12-11-18(23-24-19)20(25)22-16-5-3-2-4-6-16/h2-12H,13-14H2,1H3,(H,21,24)(H,22,25). The third kappa shape index (κ3) is 4.80. The minimum atomic E-state index is -0.284. The van der Waals surface area contributed by atoms with Crippen LogP contribution in [0.2, 0.25) is 0 Å². The Morgan fingerprint density at radius 2 is 1.73 bits per heavy atom. The molecular formula is C20H20N4O2. The second-order valence-electron chi connectivity index (χ2n) is 5.65. The van der Waals surface area contributed by atoms with E-state index in [4.69, 9.17) is 4.74 Å². The van der Waals surface area contributed by atoms with E-state index in [9.17, 15) is 4.79 Å². The van der Waals surface area contributed by atoms with Gasteiger partial charge >= 0.3 is 0 Å². The van der Waals surface area contributed by atoms with Crippen LogP contribution in [0.3, 0.4) is 0 Å². The zero-order chi connectivity index (χ0) is 18.2. The summed E-state index contributed by atoms with van der Waals surface area (Å²) in [5.74, 6) is 1.19. The van der Waals surface area contributed by atoms with Gasteiger partial charge in [-0.15, -0.1) is 10.2 Å². The number of anilines is 2. The van der Waals surface area contributed by atoms with Crippen molar-refractivity contribution < 1.29 is 9.53 Å². The third-order valence-electron chi connectivity index (χ3n) is 3.81. The van der Waals surface area contributed by atoms with Gasteiger partial charge in [-0.05, 0) is 48.4 Å². The predicted octanol–water partition coefficient (Wildman–Crippen LogP) is 3.39. The van der Waals surface area contributed by atoms with E-state index in [0.29, 0.717) is 5.82 Å². The van der Waals surface area contributed by atoms with Gasteiger partial charge in [-0.3, -0.25) is 4.79 Å². The van der Waals surface area contributed by atoms with Crippen LogP contribution in [0.5, 0.6) is 5.75 Å². The van der Waals surface area contributed by atoms with Gasteiger partial charge < -0.3 is 15.4 Å². The Morgan fingerprint density at radius 3 is 2.38 bits per heavy atom. The zero-order valence-electron chi connectivity index (χ0n) is 14.5. The highest BCUT2D eigenvalue weighted by atomic mass is 16.5. The van der Waals surface area contributed by atoms with E-state index in [0.717, 1.165) is 24.4 Å². The smallest absolute Gasteiger partial charge is 0.276 e. The van der Waals surface area contributed by atoms with Crippen molar-refractivity contribution >= 4 is 17.4 Å². The molecule has 3 aromatic rings. The largest absolute Gasteiger partial charge is 0.497 e. The minimum Gasteiger partial charge on any atom is -0.497 e. The van der Waals surface area contributed by atoms with Crippen LogP contribution >= 0.6 is 0 Å². The van der Waals surface area contributed by atoms with Gasteiger partial charge in [0.15, 0.2) is 5.69 Å². The first-order valence-corrected chi connectivity index (χ1v) is 8.31. The average molecular weight is 348 g/mol. The Kier molecular flexibility index (Phi) is 5.77. The molecule has 0 fully saturated rings. The molecule has 1 heterocycles. The molecule has 0 bridgehead atoms. The van der Waals surface area contributed by atoms with Crippen molar-refractivity contribution in [2.75, 3.05) is 24.3 Å². The second-order valence-corrected chi connectivity index (χ2v) is 5.65. The van der Waals surface area contributed by atoms with Crippen LogP contribution < -0.4 is 15.4 Å². The number of benzene rings is 2. The van der Waals surface area contributed by atoms with Gasteiger partial charge in [0.05, 0.1) is 7.11 Å². The van der Waals surface area contributed by atoms with Crippen molar-refractivity contribution in [2.45, 2.75) is 6.42 Å². The Labute approximate surface area is 152 Å². The molecule has 2 aromatic carbocycles. The number of amides is 1. The summed E-state index contributed by atoms with van der Waals surface area (Å²) in [5.41, 5.74) is 2.20. The Morgan fingerprint density at radius 1 is 0.962 bits per heavy atom. The normalized spacial score (nSPS) is 10.2. The third-order valence-corrected chi connectivity index (χ3v) is 3.81. The van der Waals surface area contributed by atoms with E-state index in [2.05, 4.69) is 20.8 Å². The van der Waals surface area contributed by atoms with E-state index < -0.39 is 0 Å². The molecule has 6 heteroatoms. The number of carbonyl (C=O) groups excluding carboxylic acids is 1. The monoisotopic (exact) mass is 348 g/mol. The van der Waals surface area contributed by atoms with Crippen molar-refractivity contribution in [1.82, 2.24) is 10.2 Å². The molecule has 0 aliphatic heterocycles. The molecule has 3 rings (SSSR count). The van der Waals surface area contributed by atoms with Gasteiger partial charge in [-0.1, -0.05) is 30.3 Å². The number of methoxy groups -OCH3 is 1. The zero-order valence-corrected chi connectivity index (χ0v) is 14.5. The lowest BCUT2D eigenvalue weighted by molar-refractivity contribution is 0.102. The van der Waals surface area contributed by atoms with Crippen molar-refractivity contribution in [3.63, 3.8) is 0 Å². The molecule has 0 radical (unpaired) electrons. The molecule has 0 saturated heterocycles. The van der Waals surface area contributed by atoms with Crippen LogP contribution in [0.4, 0.5) is 11.5 Å². The summed E-state index contributed by atoms with van der Waals surface area (Å²) in [6, 6.07) is 20.6. The molecule has 6 nitrogen and oxygen atoms in total. The molecule has 0 unspecified atom stereocenters. The fourth-order valence-electron chi connectivity index (χ4n) is 2.39. The highest BCUT2D eigenvalue weighted by molar-refractivity contribution is 6.02. The maximum atomic E-state index is 12.1. The molecule has 1 aromatic heterocycles. The maximum Gasteiger partial charge on any atom is 0.276 e. The summed E-state index contributed by atoms with van der Waals surface area (Å²) < 4.78 is 5.14. The predicted molar refractivity (Wildman–Crippen MR) is 102 cm³/mol. The number of nitrogens with zero attached hydrogens (tertiary/aromatic N) is 2. The topological polar surface area (TPSA) is 76.1 Å². The molecule has 26 heavy (non-hydrogen) atoms. The molecule has 0 spiro atoms. The van der Waals surface area contributed by atoms with E-state index in [1.165, 1.54) is 5.56 Å². The number of carbonyl (C=O) groups is 1. The molecular weight excluding hydrogens is 328 g/mol. The lowest BCUT2D eigenvalue weighted by Crippen LogP contribution is -2.15. The van der Waals surface area contributed by atoms with Gasteiger partial charge in [0.2, 0.25) is 0 Å². The molecule has 0 atom stereocenters. The summed E-state index contributed by atoms with van der Waals surface area (Å²) in [5, 5.41) is 14.0. The van der Waals surface area contributed by atoms with Gasteiger partial charge in [0.25, 0.3) is 5.91 Å². The first-order valence-electron chi connectivity index (χ1n) is 8.31. The first-order chi connectivity index (χ1) is 12.7. The number of hydrogen-bond acceptors (Lipinski definition) is 5. The van der Waals surface area contributed by atoms with Crippen LogP contribution in [0, 0.1) is 0 Å². The van der Waals surface area contributed by atoms with E-state index in [1.807, 2.05) is 54.6 Å². The molecule has 0 aliphatic carbocycles. The molecule has 0 saturated carbocycles. The van der Waals surface area contributed by atoms with Crippen LogP contribution in [0.25, 0.3) is 0 Å². The molecule has 2 N–H and O–H groups in total. The summed E-state index contributed by atoms with van der Waals surface area (Å²) in [6.45, 7) is 0.719. The van der Waals surface area contributed by atoms with Crippen LogP contribution in [-0.4, -0.2) is 29.8 Å². The average Bonchev–Trinajstić information content (AvgIpc) is 2.70. The SMILES string of the molecule is COc1ccc(CCNc2ccc(C(=O)Nc3ccccc3)nn2)cc1. The minimum absolute atomic E-state index is 0.273. The van der Waals surface area contributed by atoms with E-state index in [-0.39, 0.29) is 11.6 Å². The number of aromatic nitrogens is 2. The maximum absolute atomic E-state index is 12.1. The molecule has 1 amide bonds. The Balaban J connectivity index is 1.50. The highest BCUT2D eigenvalue weighted by Gasteiger charge is 2.08. The van der Waals surface area contributed by atoms with Crippen LogP contribution in [-0.2, 0) is 6.42 Å². The first kappa shape index (κ1) is 17.4.